The van der Waals surface area contributed by atoms with Gasteiger partial charge in [-0.25, -0.2) is 17.9 Å². The molecular formula is C20H21Cl2N3O5S. The van der Waals surface area contributed by atoms with Crippen molar-refractivity contribution in [3.05, 3.63) is 57.3 Å². The van der Waals surface area contributed by atoms with Crippen molar-refractivity contribution in [3.63, 3.8) is 0 Å². The molecule has 8 nitrogen and oxygen atoms in total. The van der Waals surface area contributed by atoms with Crippen LogP contribution in [0.1, 0.15) is 23.2 Å². The lowest BCUT2D eigenvalue weighted by Gasteiger charge is -2.10. The number of aryl methyl sites for hydroxylation is 1. The van der Waals surface area contributed by atoms with Gasteiger partial charge in [0.25, 0.3) is 5.91 Å². The zero-order valence-corrected chi connectivity index (χ0v) is 19.0. The largest absolute Gasteiger partial charge is 0.452 e. The molecule has 1 aromatic heterocycles. The molecule has 3 rings (SSSR count). The minimum Gasteiger partial charge on any atom is -0.452 e. The standard InChI is InChI=1S/C20H21Cl2N3O5S/c1-13-17(20(22)25(24-13)10-14-2-4-15(21)5-3-14)6-7-19(27)30-11-18(26)23-16-8-9-31(28,29)12-16/h2-7,16H,8-12H2,1H3,(H,23,26)/b7-6+/t16-/m0/s1. The Morgan fingerprint density at radius 3 is 2.65 bits per heavy atom. The van der Waals surface area contributed by atoms with Gasteiger partial charge in [-0.15, -0.1) is 0 Å². The molecule has 1 aliphatic rings. The maximum Gasteiger partial charge on any atom is 0.331 e. The summed E-state index contributed by atoms with van der Waals surface area (Å²) in [5, 5.41) is 7.93. The van der Waals surface area contributed by atoms with E-state index in [2.05, 4.69) is 10.4 Å². The minimum absolute atomic E-state index is 0.0479. The Hall–Kier alpha value is -2.36. The summed E-state index contributed by atoms with van der Waals surface area (Å²) in [4.78, 5) is 23.8. The van der Waals surface area contributed by atoms with E-state index in [9.17, 15) is 18.0 Å². The van der Waals surface area contributed by atoms with Gasteiger partial charge < -0.3 is 10.1 Å². The van der Waals surface area contributed by atoms with Gasteiger partial charge in [-0.2, -0.15) is 5.10 Å². The van der Waals surface area contributed by atoms with Gasteiger partial charge in [0.05, 0.1) is 23.7 Å². The molecule has 2 aromatic rings. The zero-order chi connectivity index (χ0) is 22.6. The van der Waals surface area contributed by atoms with Crippen LogP contribution in [-0.4, -0.2) is 54.2 Å². The normalized spacial score (nSPS) is 17.7. The molecule has 1 aliphatic heterocycles. The number of hydrogen-bond donors (Lipinski definition) is 1. The van der Waals surface area contributed by atoms with Crippen LogP contribution in [0.5, 0.6) is 0 Å². The molecule has 11 heteroatoms. The van der Waals surface area contributed by atoms with Gasteiger partial charge in [0.1, 0.15) is 5.15 Å². The van der Waals surface area contributed by atoms with Crippen LogP contribution in [0.15, 0.2) is 30.3 Å². The number of carbonyl (C=O) groups excluding carboxylic acids is 2. The third kappa shape index (κ3) is 6.56. The lowest BCUT2D eigenvalue weighted by Crippen LogP contribution is -2.38. The summed E-state index contributed by atoms with van der Waals surface area (Å²) in [7, 11) is -3.10. The number of ether oxygens (including phenoxy) is 1. The Morgan fingerprint density at radius 1 is 1.29 bits per heavy atom. The highest BCUT2D eigenvalue weighted by Crippen LogP contribution is 2.23. The summed E-state index contributed by atoms with van der Waals surface area (Å²) in [5.74, 6) is -1.32. The van der Waals surface area contributed by atoms with Crippen LogP contribution in [0.4, 0.5) is 0 Å². The number of esters is 1. The zero-order valence-electron chi connectivity index (χ0n) is 16.7. The maximum absolute atomic E-state index is 11.9. The fourth-order valence-electron chi connectivity index (χ4n) is 3.14. The fraction of sp³-hybridized carbons (Fsp3) is 0.350. The topological polar surface area (TPSA) is 107 Å². The first-order valence-electron chi connectivity index (χ1n) is 9.45. The number of benzene rings is 1. The summed E-state index contributed by atoms with van der Waals surface area (Å²) in [6, 6.07) is 6.85. The molecule has 31 heavy (non-hydrogen) atoms. The molecule has 0 saturated carbocycles. The van der Waals surface area contributed by atoms with E-state index in [0.29, 0.717) is 34.4 Å². The summed E-state index contributed by atoms with van der Waals surface area (Å²) in [6.07, 6.45) is 3.00. The van der Waals surface area contributed by atoms with Crippen molar-refractivity contribution in [2.24, 2.45) is 0 Å². The Labute approximate surface area is 190 Å². The lowest BCUT2D eigenvalue weighted by atomic mass is 10.2. The molecule has 1 N–H and O–H groups in total. The number of aromatic nitrogens is 2. The quantitative estimate of drug-likeness (QED) is 0.476. The molecule has 0 aliphatic carbocycles. The molecule has 0 unspecified atom stereocenters. The van der Waals surface area contributed by atoms with Crippen LogP contribution < -0.4 is 5.32 Å². The Morgan fingerprint density at radius 2 is 2.00 bits per heavy atom. The highest BCUT2D eigenvalue weighted by Gasteiger charge is 2.29. The second-order valence-electron chi connectivity index (χ2n) is 7.18. The van der Waals surface area contributed by atoms with Crippen LogP contribution >= 0.6 is 23.2 Å². The molecule has 1 fully saturated rings. The smallest absolute Gasteiger partial charge is 0.331 e. The lowest BCUT2D eigenvalue weighted by molar-refractivity contribution is -0.143. The predicted octanol–water partition coefficient (Wildman–Crippen LogP) is 2.41. The van der Waals surface area contributed by atoms with E-state index in [1.165, 1.54) is 6.08 Å². The maximum atomic E-state index is 11.9. The molecule has 1 atom stereocenters. The molecule has 0 bridgehead atoms. The van der Waals surface area contributed by atoms with Gasteiger partial charge >= 0.3 is 5.97 Å². The first kappa shape index (κ1) is 23.3. The number of amides is 1. The molecule has 1 aromatic carbocycles. The van der Waals surface area contributed by atoms with Crippen molar-refractivity contribution in [1.29, 1.82) is 0 Å². The number of nitrogens with zero attached hydrogens (tertiary/aromatic N) is 2. The van der Waals surface area contributed by atoms with Crippen LogP contribution in [0.3, 0.4) is 0 Å². The average Bonchev–Trinajstić information content (AvgIpc) is 3.18. The van der Waals surface area contributed by atoms with E-state index in [-0.39, 0.29) is 11.5 Å². The van der Waals surface area contributed by atoms with Crippen molar-refractivity contribution in [1.82, 2.24) is 15.1 Å². The third-order valence-corrected chi connectivity index (χ3v) is 7.10. The summed E-state index contributed by atoms with van der Waals surface area (Å²) >= 11 is 12.3. The van der Waals surface area contributed by atoms with Crippen molar-refractivity contribution < 1.29 is 22.7 Å². The van der Waals surface area contributed by atoms with Gasteiger partial charge in [-0.05, 0) is 37.1 Å². The highest BCUT2D eigenvalue weighted by molar-refractivity contribution is 7.91. The van der Waals surface area contributed by atoms with Crippen molar-refractivity contribution >= 4 is 51.0 Å². The molecule has 166 valence electrons. The summed E-state index contributed by atoms with van der Waals surface area (Å²) in [6.45, 7) is 1.70. The fourth-order valence-corrected chi connectivity index (χ4v) is 5.24. The van der Waals surface area contributed by atoms with Crippen LogP contribution in [0, 0.1) is 6.92 Å². The van der Waals surface area contributed by atoms with Gasteiger partial charge in [-0.1, -0.05) is 35.3 Å². The second-order valence-corrected chi connectivity index (χ2v) is 10.2. The summed E-state index contributed by atoms with van der Waals surface area (Å²) < 4.78 is 29.3. The Balaban J connectivity index is 1.53. The average molecular weight is 486 g/mol. The van der Waals surface area contributed by atoms with Gasteiger partial charge in [-0.3, -0.25) is 4.79 Å². The SMILES string of the molecule is Cc1nn(Cc2ccc(Cl)cc2)c(Cl)c1/C=C/C(=O)OCC(=O)N[C@H]1CCS(=O)(=O)C1. The summed E-state index contributed by atoms with van der Waals surface area (Å²) in [5.41, 5.74) is 2.15. The van der Waals surface area contributed by atoms with Crippen molar-refractivity contribution in [2.45, 2.75) is 25.9 Å². The van der Waals surface area contributed by atoms with Gasteiger partial charge in [0, 0.05) is 22.7 Å². The molecule has 0 radical (unpaired) electrons. The Kier molecular flexibility index (Phi) is 7.40. The van der Waals surface area contributed by atoms with E-state index >= 15 is 0 Å². The minimum atomic E-state index is -3.10. The predicted molar refractivity (Wildman–Crippen MR) is 118 cm³/mol. The van der Waals surface area contributed by atoms with Crippen LogP contribution in [0.2, 0.25) is 10.2 Å². The first-order valence-corrected chi connectivity index (χ1v) is 12.0. The molecule has 1 amide bonds. The van der Waals surface area contributed by atoms with Gasteiger partial charge in [0.2, 0.25) is 0 Å². The van der Waals surface area contributed by atoms with Crippen LogP contribution in [-0.2, 0) is 30.7 Å². The number of halogens is 2. The number of rotatable bonds is 7. The molecule has 2 heterocycles. The number of sulfone groups is 1. The molecular weight excluding hydrogens is 465 g/mol. The van der Waals surface area contributed by atoms with E-state index in [1.807, 2.05) is 12.1 Å². The van der Waals surface area contributed by atoms with Crippen molar-refractivity contribution in [2.75, 3.05) is 18.1 Å². The number of nitrogens with one attached hydrogen (secondary N) is 1. The van der Waals surface area contributed by atoms with Crippen LogP contribution in [0.25, 0.3) is 6.08 Å². The van der Waals surface area contributed by atoms with Crippen molar-refractivity contribution in [3.8, 4) is 0 Å². The number of carbonyl (C=O) groups is 2. The second kappa shape index (κ2) is 9.84. The van der Waals surface area contributed by atoms with E-state index in [4.69, 9.17) is 27.9 Å². The third-order valence-electron chi connectivity index (χ3n) is 4.68. The van der Waals surface area contributed by atoms with E-state index < -0.39 is 34.4 Å². The van der Waals surface area contributed by atoms with E-state index in [1.54, 1.807) is 23.7 Å². The highest BCUT2D eigenvalue weighted by atomic mass is 35.5. The van der Waals surface area contributed by atoms with Gasteiger partial charge in [0.15, 0.2) is 16.4 Å². The molecule has 1 saturated heterocycles. The number of hydrogen-bond acceptors (Lipinski definition) is 6. The van der Waals surface area contributed by atoms with E-state index in [0.717, 1.165) is 11.6 Å². The Bertz CT molecular complexity index is 1110. The molecule has 0 spiro atoms. The first-order chi connectivity index (χ1) is 14.6. The monoisotopic (exact) mass is 485 g/mol.